The molecule has 0 bridgehead atoms. The highest BCUT2D eigenvalue weighted by molar-refractivity contribution is 5.99. The van der Waals surface area contributed by atoms with Crippen LogP contribution in [-0.4, -0.2) is 30.3 Å². The smallest absolute Gasteiger partial charge is 0.320 e. The number of nitrogens with one attached hydrogen (secondary N) is 1. The molecule has 1 atom stereocenters. The Labute approximate surface area is 122 Å². The van der Waals surface area contributed by atoms with Gasteiger partial charge in [0, 0.05) is 29.4 Å². The third-order valence-corrected chi connectivity index (χ3v) is 3.66. The van der Waals surface area contributed by atoms with E-state index in [-0.39, 0.29) is 11.8 Å². The monoisotopic (exact) mass is 288 g/mol. The quantitative estimate of drug-likeness (QED) is 0.883. The SMILES string of the molecule is CCCOC(=O)C1C=NCCc2c1[nH]c1cc(F)ccc21. The summed E-state index contributed by atoms with van der Waals surface area (Å²) in [5.41, 5.74) is 2.52. The van der Waals surface area contributed by atoms with Crippen molar-refractivity contribution in [3.05, 3.63) is 35.3 Å². The molecule has 1 N–H and O–H groups in total. The zero-order valence-electron chi connectivity index (χ0n) is 11.9. The molecule has 0 saturated carbocycles. The van der Waals surface area contributed by atoms with Crippen LogP contribution in [0.1, 0.15) is 30.5 Å². The Kier molecular flexibility index (Phi) is 3.73. The van der Waals surface area contributed by atoms with Crippen molar-refractivity contribution >= 4 is 23.1 Å². The summed E-state index contributed by atoms with van der Waals surface area (Å²) in [5.74, 6) is -1.14. The topological polar surface area (TPSA) is 54.4 Å². The average molecular weight is 288 g/mol. The number of esters is 1. The maximum Gasteiger partial charge on any atom is 0.320 e. The molecule has 1 aliphatic heterocycles. The maximum atomic E-state index is 13.4. The van der Waals surface area contributed by atoms with Gasteiger partial charge in [0.15, 0.2) is 0 Å². The maximum absolute atomic E-state index is 13.4. The summed E-state index contributed by atoms with van der Waals surface area (Å²) in [6.07, 6.45) is 3.14. The van der Waals surface area contributed by atoms with Crippen molar-refractivity contribution in [2.45, 2.75) is 25.7 Å². The van der Waals surface area contributed by atoms with Gasteiger partial charge in [-0.05, 0) is 36.6 Å². The first kappa shape index (κ1) is 13.8. The molecule has 0 spiro atoms. The molecule has 110 valence electrons. The second-order valence-corrected chi connectivity index (χ2v) is 5.16. The van der Waals surface area contributed by atoms with Gasteiger partial charge >= 0.3 is 5.97 Å². The second-order valence-electron chi connectivity index (χ2n) is 5.16. The number of benzene rings is 1. The molecule has 1 aromatic heterocycles. The number of nitrogens with zero attached hydrogens (tertiary/aromatic N) is 1. The minimum atomic E-state index is -0.537. The van der Waals surface area contributed by atoms with E-state index in [1.54, 1.807) is 12.3 Å². The Morgan fingerprint density at radius 2 is 2.38 bits per heavy atom. The van der Waals surface area contributed by atoms with Gasteiger partial charge in [0.1, 0.15) is 11.7 Å². The fraction of sp³-hybridized carbons (Fsp3) is 0.375. The second kappa shape index (κ2) is 5.68. The summed E-state index contributed by atoms with van der Waals surface area (Å²) in [6.45, 7) is 2.97. The van der Waals surface area contributed by atoms with Crippen LogP contribution in [0.25, 0.3) is 10.9 Å². The fourth-order valence-electron chi connectivity index (χ4n) is 2.69. The van der Waals surface area contributed by atoms with Gasteiger partial charge in [-0.3, -0.25) is 9.79 Å². The van der Waals surface area contributed by atoms with Crippen LogP contribution in [0.15, 0.2) is 23.2 Å². The van der Waals surface area contributed by atoms with Crippen molar-refractivity contribution in [2.24, 2.45) is 4.99 Å². The van der Waals surface area contributed by atoms with Gasteiger partial charge in [0.2, 0.25) is 0 Å². The van der Waals surface area contributed by atoms with Crippen LogP contribution in [0.4, 0.5) is 4.39 Å². The fourth-order valence-corrected chi connectivity index (χ4v) is 2.69. The molecule has 0 amide bonds. The summed E-state index contributed by atoms with van der Waals surface area (Å²) in [4.78, 5) is 19.7. The van der Waals surface area contributed by atoms with Crippen molar-refractivity contribution < 1.29 is 13.9 Å². The number of aliphatic imine (C=N–C) groups is 1. The number of fused-ring (bicyclic) bond motifs is 3. The van der Waals surface area contributed by atoms with E-state index in [0.717, 1.165) is 29.5 Å². The molecule has 21 heavy (non-hydrogen) atoms. The van der Waals surface area contributed by atoms with Crippen LogP contribution >= 0.6 is 0 Å². The number of carbonyl (C=O) groups excluding carboxylic acids is 1. The molecule has 0 saturated heterocycles. The number of rotatable bonds is 3. The van der Waals surface area contributed by atoms with Crippen LogP contribution in [0.3, 0.4) is 0 Å². The number of aromatic amines is 1. The predicted molar refractivity (Wildman–Crippen MR) is 79.3 cm³/mol. The Morgan fingerprint density at radius 3 is 3.19 bits per heavy atom. The molecule has 1 aliphatic rings. The first-order chi connectivity index (χ1) is 10.2. The zero-order chi connectivity index (χ0) is 14.8. The summed E-state index contributed by atoms with van der Waals surface area (Å²) in [6, 6.07) is 4.64. The molecule has 2 aromatic rings. The lowest BCUT2D eigenvalue weighted by Gasteiger charge is -2.10. The Balaban J connectivity index is 2.05. The summed E-state index contributed by atoms with van der Waals surface area (Å²) in [7, 11) is 0. The number of ether oxygens (including phenoxy) is 1. The molecule has 2 heterocycles. The van der Waals surface area contributed by atoms with E-state index in [0.29, 0.717) is 18.7 Å². The lowest BCUT2D eigenvalue weighted by molar-refractivity contribution is -0.143. The van der Waals surface area contributed by atoms with Crippen LogP contribution in [0, 0.1) is 5.82 Å². The average Bonchev–Trinajstić information content (AvgIpc) is 2.68. The number of H-pyrrole nitrogens is 1. The number of halogens is 1. The van der Waals surface area contributed by atoms with E-state index in [2.05, 4.69) is 9.98 Å². The predicted octanol–water partition coefficient (Wildman–Crippen LogP) is 2.97. The van der Waals surface area contributed by atoms with Crippen molar-refractivity contribution in [1.29, 1.82) is 0 Å². The van der Waals surface area contributed by atoms with Gasteiger partial charge in [0.25, 0.3) is 0 Å². The molecular weight excluding hydrogens is 271 g/mol. The van der Waals surface area contributed by atoms with Crippen LogP contribution in [-0.2, 0) is 16.0 Å². The molecule has 4 nitrogen and oxygen atoms in total. The minimum Gasteiger partial charge on any atom is -0.465 e. The third kappa shape index (κ3) is 2.55. The van der Waals surface area contributed by atoms with Gasteiger partial charge in [0.05, 0.1) is 6.61 Å². The van der Waals surface area contributed by atoms with Crippen molar-refractivity contribution in [2.75, 3.05) is 13.2 Å². The van der Waals surface area contributed by atoms with Gasteiger partial charge < -0.3 is 9.72 Å². The Morgan fingerprint density at radius 1 is 1.52 bits per heavy atom. The van der Waals surface area contributed by atoms with Gasteiger partial charge in [-0.1, -0.05) is 6.92 Å². The molecule has 1 unspecified atom stereocenters. The van der Waals surface area contributed by atoms with Crippen molar-refractivity contribution in [3.8, 4) is 0 Å². The van der Waals surface area contributed by atoms with Gasteiger partial charge in [-0.15, -0.1) is 0 Å². The van der Waals surface area contributed by atoms with E-state index < -0.39 is 5.92 Å². The van der Waals surface area contributed by atoms with Crippen LogP contribution in [0.2, 0.25) is 0 Å². The molecular formula is C16H17FN2O2. The lowest BCUT2D eigenvalue weighted by Crippen LogP contribution is -2.18. The van der Waals surface area contributed by atoms with E-state index in [9.17, 15) is 9.18 Å². The van der Waals surface area contributed by atoms with Gasteiger partial charge in [-0.2, -0.15) is 0 Å². The number of hydrogen-bond donors (Lipinski definition) is 1. The molecule has 0 radical (unpaired) electrons. The van der Waals surface area contributed by atoms with Crippen molar-refractivity contribution in [3.63, 3.8) is 0 Å². The summed E-state index contributed by atoms with van der Waals surface area (Å²) >= 11 is 0. The molecule has 1 aromatic carbocycles. The minimum absolute atomic E-state index is 0.294. The van der Waals surface area contributed by atoms with E-state index in [4.69, 9.17) is 4.74 Å². The van der Waals surface area contributed by atoms with Gasteiger partial charge in [-0.25, -0.2) is 4.39 Å². The highest BCUT2D eigenvalue weighted by atomic mass is 19.1. The van der Waals surface area contributed by atoms with Crippen molar-refractivity contribution in [1.82, 2.24) is 4.98 Å². The first-order valence-electron chi connectivity index (χ1n) is 7.17. The lowest BCUT2D eigenvalue weighted by atomic mass is 10.0. The first-order valence-corrected chi connectivity index (χ1v) is 7.17. The standard InChI is InChI=1S/C16H17FN2O2/c1-2-7-21-16(20)13-9-18-6-5-12-11-4-3-10(17)8-14(11)19-15(12)13/h3-4,8-9,13,19H,2,5-7H2,1H3. The molecule has 5 heteroatoms. The largest absolute Gasteiger partial charge is 0.465 e. The highest BCUT2D eigenvalue weighted by Crippen LogP contribution is 2.30. The van der Waals surface area contributed by atoms with E-state index >= 15 is 0 Å². The summed E-state index contributed by atoms with van der Waals surface area (Å²) in [5, 5.41) is 0.949. The number of carbonyl (C=O) groups is 1. The normalized spacial score (nSPS) is 17.5. The Bertz CT molecular complexity index is 706. The third-order valence-electron chi connectivity index (χ3n) is 3.66. The van der Waals surface area contributed by atoms with E-state index in [1.807, 2.05) is 6.92 Å². The highest BCUT2D eigenvalue weighted by Gasteiger charge is 2.27. The Hall–Kier alpha value is -2.17. The van der Waals surface area contributed by atoms with Crippen LogP contribution in [0.5, 0.6) is 0 Å². The number of hydrogen-bond acceptors (Lipinski definition) is 3. The molecule has 0 aliphatic carbocycles. The molecule has 0 fully saturated rings. The van der Waals surface area contributed by atoms with E-state index in [1.165, 1.54) is 12.1 Å². The summed E-state index contributed by atoms with van der Waals surface area (Å²) < 4.78 is 18.6. The zero-order valence-corrected chi connectivity index (χ0v) is 11.9. The molecule has 3 rings (SSSR count). The van der Waals surface area contributed by atoms with Crippen LogP contribution < -0.4 is 0 Å². The number of aromatic nitrogens is 1.